The van der Waals surface area contributed by atoms with Gasteiger partial charge in [-0.3, -0.25) is 4.79 Å². The van der Waals surface area contributed by atoms with Crippen LogP contribution in [0.25, 0.3) is 0 Å². The molecule has 2 rings (SSSR count). The second-order valence-electron chi connectivity index (χ2n) is 3.78. The highest BCUT2D eigenvalue weighted by Crippen LogP contribution is 2.22. The molecule has 1 heterocycles. The molecule has 1 aliphatic rings. The van der Waals surface area contributed by atoms with E-state index in [4.69, 9.17) is 14.6 Å². The zero-order valence-electron chi connectivity index (χ0n) is 8.89. The first-order chi connectivity index (χ1) is 7.75. The number of ether oxygens (including phenoxy) is 2. The zero-order valence-corrected chi connectivity index (χ0v) is 8.89. The van der Waals surface area contributed by atoms with E-state index in [0.717, 1.165) is 11.3 Å². The van der Waals surface area contributed by atoms with E-state index >= 15 is 0 Å². The minimum Gasteiger partial charge on any atom is -0.485 e. The summed E-state index contributed by atoms with van der Waals surface area (Å²) in [6.07, 6.45) is 0.742. The summed E-state index contributed by atoms with van der Waals surface area (Å²) in [5, 5.41) is 8.64. The molecular weight excluding hydrogens is 208 g/mol. The number of carboxylic acids is 1. The first-order valence-corrected chi connectivity index (χ1v) is 5.30. The maximum Gasteiger partial charge on any atom is 0.303 e. The highest BCUT2D eigenvalue weighted by atomic mass is 16.6. The molecule has 4 heteroatoms. The number of hydrogen-bond acceptors (Lipinski definition) is 3. The predicted octanol–water partition coefficient (Wildman–Crippen LogP) is 1.48. The Kier molecular flexibility index (Phi) is 3.41. The summed E-state index contributed by atoms with van der Waals surface area (Å²) in [6.45, 7) is 1.24. The molecule has 1 N–H and O–H groups in total. The molecule has 0 saturated carbocycles. The molecule has 0 radical (unpaired) electrons. The summed E-state index contributed by atoms with van der Waals surface area (Å²) in [6, 6.07) is 7.55. The van der Waals surface area contributed by atoms with Crippen LogP contribution in [0.2, 0.25) is 0 Å². The van der Waals surface area contributed by atoms with Gasteiger partial charge in [0.2, 0.25) is 0 Å². The maximum absolute atomic E-state index is 10.5. The van der Waals surface area contributed by atoms with Crippen molar-refractivity contribution in [1.29, 1.82) is 0 Å². The molecule has 0 aliphatic carbocycles. The molecular formula is C12H14O4. The topological polar surface area (TPSA) is 55.8 Å². The monoisotopic (exact) mass is 222 g/mol. The predicted molar refractivity (Wildman–Crippen MR) is 57.6 cm³/mol. The largest absolute Gasteiger partial charge is 0.485 e. The molecule has 1 saturated heterocycles. The van der Waals surface area contributed by atoms with Crippen molar-refractivity contribution in [2.75, 3.05) is 13.2 Å². The van der Waals surface area contributed by atoms with Gasteiger partial charge in [-0.05, 0) is 18.1 Å². The lowest BCUT2D eigenvalue weighted by Gasteiger charge is -2.27. The number of rotatable bonds is 5. The molecule has 0 amide bonds. The van der Waals surface area contributed by atoms with E-state index in [0.29, 0.717) is 19.6 Å². The Balaban J connectivity index is 2.00. The Morgan fingerprint density at radius 2 is 2.19 bits per heavy atom. The van der Waals surface area contributed by atoms with Crippen LogP contribution in [0, 0.1) is 0 Å². The number of carboxylic acid groups (broad SMARTS) is 1. The third kappa shape index (κ3) is 2.73. The van der Waals surface area contributed by atoms with Gasteiger partial charge in [0.1, 0.15) is 11.9 Å². The lowest BCUT2D eigenvalue weighted by Crippen LogP contribution is -2.38. The van der Waals surface area contributed by atoms with Crippen molar-refractivity contribution in [2.45, 2.75) is 18.9 Å². The Bertz CT molecular complexity index is 371. The molecule has 0 spiro atoms. The summed E-state index contributed by atoms with van der Waals surface area (Å²) in [5.74, 6) is -0.0150. The maximum atomic E-state index is 10.5. The summed E-state index contributed by atoms with van der Waals surface area (Å²) < 4.78 is 10.7. The van der Waals surface area contributed by atoms with Crippen LogP contribution in [0.5, 0.6) is 5.75 Å². The number of hydrogen-bond donors (Lipinski definition) is 1. The zero-order chi connectivity index (χ0) is 11.4. The first-order valence-electron chi connectivity index (χ1n) is 5.30. The molecule has 4 nitrogen and oxygen atoms in total. The molecule has 1 aromatic rings. The number of aryl methyl sites for hydroxylation is 1. The second-order valence-corrected chi connectivity index (χ2v) is 3.78. The molecule has 0 atom stereocenters. The number of para-hydroxylation sites is 1. The molecule has 1 aromatic carbocycles. The quantitative estimate of drug-likeness (QED) is 0.819. The van der Waals surface area contributed by atoms with Gasteiger partial charge >= 0.3 is 5.97 Å². The van der Waals surface area contributed by atoms with Crippen molar-refractivity contribution in [3.63, 3.8) is 0 Å². The smallest absolute Gasteiger partial charge is 0.303 e. The van der Waals surface area contributed by atoms with Crippen molar-refractivity contribution in [2.24, 2.45) is 0 Å². The van der Waals surface area contributed by atoms with Gasteiger partial charge in [0.05, 0.1) is 13.2 Å². The fourth-order valence-corrected chi connectivity index (χ4v) is 1.53. The Morgan fingerprint density at radius 3 is 2.81 bits per heavy atom. The minimum atomic E-state index is -0.790. The van der Waals surface area contributed by atoms with E-state index < -0.39 is 5.97 Å². The molecule has 0 unspecified atom stereocenters. The second kappa shape index (κ2) is 4.99. The molecule has 0 bridgehead atoms. The average molecular weight is 222 g/mol. The Hall–Kier alpha value is -1.55. The van der Waals surface area contributed by atoms with Crippen LogP contribution in [-0.2, 0) is 16.0 Å². The van der Waals surface area contributed by atoms with Crippen LogP contribution < -0.4 is 4.74 Å². The fourth-order valence-electron chi connectivity index (χ4n) is 1.53. The van der Waals surface area contributed by atoms with E-state index in [1.807, 2.05) is 24.3 Å². The van der Waals surface area contributed by atoms with Crippen LogP contribution in [0.4, 0.5) is 0 Å². The van der Waals surface area contributed by atoms with Gasteiger partial charge in [0.15, 0.2) is 0 Å². The third-order valence-corrected chi connectivity index (χ3v) is 2.48. The van der Waals surface area contributed by atoms with Crippen molar-refractivity contribution in [3.05, 3.63) is 29.8 Å². The van der Waals surface area contributed by atoms with Crippen molar-refractivity contribution in [1.82, 2.24) is 0 Å². The van der Waals surface area contributed by atoms with E-state index in [9.17, 15) is 4.79 Å². The van der Waals surface area contributed by atoms with E-state index in [2.05, 4.69) is 0 Å². The summed E-state index contributed by atoms with van der Waals surface area (Å²) >= 11 is 0. The number of benzene rings is 1. The van der Waals surface area contributed by atoms with Crippen LogP contribution >= 0.6 is 0 Å². The highest BCUT2D eigenvalue weighted by Gasteiger charge is 2.21. The van der Waals surface area contributed by atoms with Crippen LogP contribution in [0.15, 0.2) is 24.3 Å². The molecule has 0 aromatic heterocycles. The summed E-state index contributed by atoms with van der Waals surface area (Å²) in [4.78, 5) is 10.5. The molecule has 86 valence electrons. The van der Waals surface area contributed by atoms with Crippen molar-refractivity contribution < 1.29 is 19.4 Å². The van der Waals surface area contributed by atoms with Gasteiger partial charge in [-0.2, -0.15) is 0 Å². The summed E-state index contributed by atoms with van der Waals surface area (Å²) in [7, 11) is 0. The first kappa shape index (κ1) is 11.0. The van der Waals surface area contributed by atoms with E-state index in [1.165, 1.54) is 0 Å². The van der Waals surface area contributed by atoms with Gasteiger partial charge in [-0.15, -0.1) is 0 Å². The molecule has 16 heavy (non-hydrogen) atoms. The number of carbonyl (C=O) groups is 1. The fraction of sp³-hybridized carbons (Fsp3) is 0.417. The third-order valence-electron chi connectivity index (χ3n) is 2.48. The van der Waals surface area contributed by atoms with Crippen LogP contribution in [0.1, 0.15) is 12.0 Å². The van der Waals surface area contributed by atoms with Crippen molar-refractivity contribution in [3.8, 4) is 5.75 Å². The Morgan fingerprint density at radius 1 is 1.44 bits per heavy atom. The van der Waals surface area contributed by atoms with Crippen LogP contribution in [0.3, 0.4) is 0 Å². The van der Waals surface area contributed by atoms with Gasteiger partial charge in [0.25, 0.3) is 0 Å². The van der Waals surface area contributed by atoms with E-state index in [-0.39, 0.29) is 12.5 Å². The average Bonchev–Trinajstić information content (AvgIpc) is 2.22. The normalized spacial score (nSPS) is 15.5. The van der Waals surface area contributed by atoms with Gasteiger partial charge in [0, 0.05) is 6.42 Å². The molecule has 1 fully saturated rings. The number of aliphatic carboxylic acids is 1. The molecule has 1 aliphatic heterocycles. The minimum absolute atomic E-state index is 0.117. The highest BCUT2D eigenvalue weighted by molar-refractivity contribution is 5.67. The lowest BCUT2D eigenvalue weighted by molar-refractivity contribution is -0.136. The standard InChI is InChI=1S/C12H14O4/c13-12(14)6-5-9-3-1-2-4-11(9)16-10-7-15-8-10/h1-4,10H,5-8H2,(H,13,14). The van der Waals surface area contributed by atoms with Crippen LogP contribution in [-0.4, -0.2) is 30.4 Å². The van der Waals surface area contributed by atoms with Gasteiger partial charge in [-0.1, -0.05) is 18.2 Å². The SMILES string of the molecule is O=C(O)CCc1ccccc1OC1COC1. The summed E-state index contributed by atoms with van der Waals surface area (Å²) in [5.41, 5.74) is 0.941. The lowest BCUT2D eigenvalue weighted by atomic mass is 10.1. The Labute approximate surface area is 93.8 Å². The van der Waals surface area contributed by atoms with Gasteiger partial charge in [-0.25, -0.2) is 0 Å². The van der Waals surface area contributed by atoms with Gasteiger partial charge < -0.3 is 14.6 Å². The van der Waals surface area contributed by atoms with Crippen molar-refractivity contribution >= 4 is 5.97 Å². The van der Waals surface area contributed by atoms with E-state index in [1.54, 1.807) is 0 Å².